The van der Waals surface area contributed by atoms with E-state index in [0.717, 1.165) is 22.6 Å². The Bertz CT molecular complexity index is 575. The monoisotopic (exact) mass is 247 g/mol. The van der Waals surface area contributed by atoms with Crippen molar-refractivity contribution in [1.82, 2.24) is 9.55 Å². The minimum absolute atomic E-state index is 0.160. The van der Waals surface area contributed by atoms with E-state index in [-0.39, 0.29) is 5.78 Å². The van der Waals surface area contributed by atoms with Gasteiger partial charge in [-0.1, -0.05) is 0 Å². The van der Waals surface area contributed by atoms with Crippen LogP contribution in [0.3, 0.4) is 0 Å². The Kier molecular flexibility index (Phi) is 3.62. The van der Waals surface area contributed by atoms with Crippen LogP contribution in [-0.4, -0.2) is 22.4 Å². The van der Waals surface area contributed by atoms with Crippen LogP contribution in [0.2, 0.25) is 0 Å². The van der Waals surface area contributed by atoms with Gasteiger partial charge in [0.1, 0.15) is 17.4 Å². The molecule has 0 saturated carbocycles. The fourth-order valence-corrected chi connectivity index (χ4v) is 1.96. The van der Waals surface area contributed by atoms with Gasteiger partial charge in [-0.2, -0.15) is 0 Å². The zero-order chi connectivity index (χ0) is 13.1. The van der Waals surface area contributed by atoms with Crippen molar-refractivity contribution >= 4 is 16.8 Å². The van der Waals surface area contributed by atoms with E-state index in [1.807, 2.05) is 22.8 Å². The lowest BCUT2D eigenvalue weighted by Gasteiger charge is -2.06. The Morgan fingerprint density at radius 1 is 1.50 bits per heavy atom. The number of ketones is 1. The second-order valence-corrected chi connectivity index (χ2v) is 4.19. The highest BCUT2D eigenvalue weighted by atomic mass is 16.5. The van der Waals surface area contributed by atoms with Crippen LogP contribution in [0.4, 0.5) is 0 Å². The Morgan fingerprint density at radius 2 is 2.28 bits per heavy atom. The first kappa shape index (κ1) is 12.6. The van der Waals surface area contributed by atoms with E-state index in [9.17, 15) is 4.79 Å². The highest BCUT2D eigenvalue weighted by Crippen LogP contribution is 2.22. The normalized spacial score (nSPS) is 10.8. The molecular weight excluding hydrogens is 230 g/mol. The fraction of sp³-hybridized carbons (Fsp3) is 0.385. The number of nitrogens with two attached hydrogens (primary N) is 1. The van der Waals surface area contributed by atoms with E-state index in [0.29, 0.717) is 19.5 Å². The molecule has 2 aromatic rings. The van der Waals surface area contributed by atoms with Gasteiger partial charge in [-0.25, -0.2) is 4.98 Å². The van der Waals surface area contributed by atoms with Crippen LogP contribution < -0.4 is 10.5 Å². The van der Waals surface area contributed by atoms with E-state index in [1.54, 1.807) is 14.0 Å². The highest BCUT2D eigenvalue weighted by Gasteiger charge is 2.10. The Hall–Kier alpha value is -1.88. The van der Waals surface area contributed by atoms with Crippen molar-refractivity contribution in [2.24, 2.45) is 5.73 Å². The summed E-state index contributed by atoms with van der Waals surface area (Å²) in [5.74, 6) is 1.72. The molecule has 18 heavy (non-hydrogen) atoms. The number of carbonyl (C=O) groups excluding carboxylic acids is 1. The summed E-state index contributed by atoms with van der Waals surface area (Å²) in [6, 6.07) is 5.70. The Labute approximate surface area is 106 Å². The third-order valence-corrected chi connectivity index (χ3v) is 2.90. The van der Waals surface area contributed by atoms with Crippen molar-refractivity contribution in [2.75, 3.05) is 7.11 Å². The lowest BCUT2D eigenvalue weighted by Crippen LogP contribution is -2.10. The van der Waals surface area contributed by atoms with Crippen molar-refractivity contribution in [3.05, 3.63) is 24.0 Å². The van der Waals surface area contributed by atoms with Gasteiger partial charge in [0.25, 0.3) is 0 Å². The summed E-state index contributed by atoms with van der Waals surface area (Å²) in [5, 5.41) is 0. The maximum absolute atomic E-state index is 11.1. The van der Waals surface area contributed by atoms with E-state index in [4.69, 9.17) is 10.5 Å². The van der Waals surface area contributed by atoms with Crippen LogP contribution in [0.25, 0.3) is 11.0 Å². The molecule has 1 aromatic carbocycles. The highest BCUT2D eigenvalue weighted by molar-refractivity contribution is 5.79. The van der Waals surface area contributed by atoms with E-state index >= 15 is 0 Å². The molecular formula is C13H17N3O2. The molecule has 0 atom stereocenters. The summed E-state index contributed by atoms with van der Waals surface area (Å²) < 4.78 is 7.16. The zero-order valence-corrected chi connectivity index (χ0v) is 10.6. The first-order valence-electron chi connectivity index (χ1n) is 5.88. The van der Waals surface area contributed by atoms with E-state index < -0.39 is 0 Å². The van der Waals surface area contributed by atoms with E-state index in [2.05, 4.69) is 4.98 Å². The summed E-state index contributed by atoms with van der Waals surface area (Å²) in [7, 11) is 1.62. The predicted octanol–water partition coefficient (Wildman–Crippen LogP) is 1.48. The molecule has 0 amide bonds. The first-order valence-corrected chi connectivity index (χ1v) is 5.88. The fourth-order valence-electron chi connectivity index (χ4n) is 1.96. The van der Waals surface area contributed by atoms with Crippen LogP contribution in [-0.2, 0) is 17.9 Å². The molecule has 1 aromatic heterocycles. The maximum atomic E-state index is 11.1. The molecule has 2 N–H and O–H groups in total. The summed E-state index contributed by atoms with van der Waals surface area (Å²) in [5.41, 5.74) is 7.52. The van der Waals surface area contributed by atoms with Crippen molar-refractivity contribution < 1.29 is 9.53 Å². The third-order valence-electron chi connectivity index (χ3n) is 2.90. The number of nitrogens with zero attached hydrogens (tertiary/aromatic N) is 2. The standard InChI is InChI=1S/C13H17N3O2/c1-9(17)5-6-16-12-4-3-10(18-2)7-11(12)15-13(16)8-14/h3-4,7H,5-6,8,14H2,1-2H3. The van der Waals surface area contributed by atoms with Gasteiger partial charge in [0.15, 0.2) is 0 Å². The Morgan fingerprint density at radius 3 is 2.89 bits per heavy atom. The van der Waals surface area contributed by atoms with Gasteiger partial charge in [-0.15, -0.1) is 0 Å². The number of aromatic nitrogens is 2. The Balaban J connectivity index is 2.45. The van der Waals surface area contributed by atoms with Gasteiger partial charge in [-0.05, 0) is 19.1 Å². The molecule has 0 radical (unpaired) electrons. The smallest absolute Gasteiger partial charge is 0.131 e. The quantitative estimate of drug-likeness (QED) is 0.868. The number of hydrogen-bond acceptors (Lipinski definition) is 4. The van der Waals surface area contributed by atoms with Gasteiger partial charge in [0, 0.05) is 19.0 Å². The number of imidazole rings is 1. The van der Waals surface area contributed by atoms with Crippen LogP contribution in [0.1, 0.15) is 19.2 Å². The van der Waals surface area contributed by atoms with Gasteiger partial charge in [0.2, 0.25) is 0 Å². The SMILES string of the molecule is COc1ccc2c(c1)nc(CN)n2CCC(C)=O. The molecule has 0 aliphatic carbocycles. The lowest BCUT2D eigenvalue weighted by molar-refractivity contribution is -0.117. The van der Waals surface area contributed by atoms with Crippen LogP contribution in [0.15, 0.2) is 18.2 Å². The average molecular weight is 247 g/mol. The predicted molar refractivity (Wildman–Crippen MR) is 69.5 cm³/mol. The number of benzene rings is 1. The minimum Gasteiger partial charge on any atom is -0.497 e. The van der Waals surface area contributed by atoms with Crippen molar-refractivity contribution in [3.63, 3.8) is 0 Å². The number of ether oxygens (including phenoxy) is 1. The van der Waals surface area contributed by atoms with Crippen LogP contribution in [0.5, 0.6) is 5.75 Å². The molecule has 0 unspecified atom stereocenters. The van der Waals surface area contributed by atoms with Crippen LogP contribution in [0, 0.1) is 0 Å². The molecule has 96 valence electrons. The third kappa shape index (κ3) is 2.36. The number of carbonyl (C=O) groups is 1. The number of aryl methyl sites for hydroxylation is 1. The first-order chi connectivity index (χ1) is 8.65. The van der Waals surface area contributed by atoms with Crippen molar-refractivity contribution in [1.29, 1.82) is 0 Å². The molecule has 5 heteroatoms. The van der Waals surface area contributed by atoms with Crippen molar-refractivity contribution in [2.45, 2.75) is 26.4 Å². The maximum Gasteiger partial charge on any atom is 0.131 e. The van der Waals surface area contributed by atoms with Gasteiger partial charge >= 0.3 is 0 Å². The molecule has 0 spiro atoms. The number of fused-ring (bicyclic) bond motifs is 1. The number of hydrogen-bond donors (Lipinski definition) is 1. The van der Waals surface area contributed by atoms with Crippen molar-refractivity contribution in [3.8, 4) is 5.75 Å². The topological polar surface area (TPSA) is 70.1 Å². The second kappa shape index (κ2) is 5.18. The molecule has 0 saturated heterocycles. The number of methoxy groups -OCH3 is 1. The molecule has 0 fully saturated rings. The number of rotatable bonds is 5. The van der Waals surface area contributed by atoms with Gasteiger partial charge < -0.3 is 15.0 Å². The second-order valence-electron chi connectivity index (χ2n) is 4.19. The van der Waals surface area contributed by atoms with Gasteiger partial charge in [0.05, 0.1) is 24.7 Å². The zero-order valence-electron chi connectivity index (χ0n) is 10.6. The minimum atomic E-state index is 0.160. The summed E-state index contributed by atoms with van der Waals surface area (Å²) >= 11 is 0. The van der Waals surface area contributed by atoms with E-state index in [1.165, 1.54) is 0 Å². The molecule has 5 nitrogen and oxygen atoms in total. The summed E-state index contributed by atoms with van der Waals surface area (Å²) in [6.45, 7) is 2.56. The molecule has 0 bridgehead atoms. The van der Waals surface area contributed by atoms with Crippen LogP contribution >= 0.6 is 0 Å². The molecule has 1 heterocycles. The number of Topliss-reactive ketones (excluding diaryl/α,β-unsaturated/α-hetero) is 1. The summed E-state index contributed by atoms with van der Waals surface area (Å²) in [6.07, 6.45) is 0.491. The molecule has 2 rings (SSSR count). The summed E-state index contributed by atoms with van der Waals surface area (Å²) in [4.78, 5) is 15.6. The van der Waals surface area contributed by atoms with Gasteiger partial charge in [-0.3, -0.25) is 4.79 Å². The molecule has 0 aliphatic rings. The lowest BCUT2D eigenvalue weighted by atomic mass is 10.2. The molecule has 0 aliphatic heterocycles. The largest absolute Gasteiger partial charge is 0.497 e. The average Bonchev–Trinajstić information content (AvgIpc) is 2.72.